The summed E-state index contributed by atoms with van der Waals surface area (Å²) in [6.45, 7) is 3.88. The summed E-state index contributed by atoms with van der Waals surface area (Å²) in [4.78, 5) is 11.8. The van der Waals surface area contributed by atoms with Crippen LogP contribution in [-0.4, -0.2) is 4.57 Å². The monoisotopic (exact) mass is 201 g/mol. The lowest BCUT2D eigenvalue weighted by Gasteiger charge is -2.09. The molecule has 0 bridgehead atoms. The van der Waals surface area contributed by atoms with Crippen LogP contribution in [0.1, 0.15) is 23.2 Å². The number of pyridine rings is 1. The Balaban J connectivity index is 3.36. The van der Waals surface area contributed by atoms with Crippen LogP contribution >= 0.6 is 0 Å². The van der Waals surface area contributed by atoms with E-state index in [0.29, 0.717) is 12.1 Å². The summed E-state index contributed by atoms with van der Waals surface area (Å²) in [6.07, 6.45) is 0.272. The molecule has 0 aliphatic carbocycles. The second-order valence-corrected chi connectivity index (χ2v) is 3.32. The van der Waals surface area contributed by atoms with Gasteiger partial charge in [0.1, 0.15) is 11.6 Å². The predicted molar refractivity (Wildman–Crippen MR) is 55.1 cm³/mol. The molecule has 0 fully saturated rings. The number of rotatable bonds is 2. The van der Waals surface area contributed by atoms with Gasteiger partial charge in [-0.25, -0.2) is 0 Å². The normalized spacial score (nSPS) is 9.33. The van der Waals surface area contributed by atoms with Gasteiger partial charge in [-0.15, -0.1) is 0 Å². The number of nitriles is 2. The van der Waals surface area contributed by atoms with Crippen molar-refractivity contribution in [2.24, 2.45) is 0 Å². The van der Waals surface area contributed by atoms with Crippen LogP contribution in [-0.2, 0) is 6.54 Å². The fourth-order valence-electron chi connectivity index (χ4n) is 1.50. The quantitative estimate of drug-likeness (QED) is 0.723. The number of aryl methyl sites for hydroxylation is 2. The van der Waals surface area contributed by atoms with Crippen LogP contribution in [0.2, 0.25) is 0 Å². The topological polar surface area (TPSA) is 69.6 Å². The zero-order valence-electron chi connectivity index (χ0n) is 8.74. The first-order valence-corrected chi connectivity index (χ1v) is 4.60. The fourth-order valence-corrected chi connectivity index (χ4v) is 1.50. The molecule has 0 aliphatic rings. The lowest BCUT2D eigenvalue weighted by Crippen LogP contribution is -2.25. The Bertz CT molecular complexity index is 514. The summed E-state index contributed by atoms with van der Waals surface area (Å²) in [5.74, 6) is 0. The summed E-state index contributed by atoms with van der Waals surface area (Å²) in [5.41, 5.74) is 1.34. The Morgan fingerprint density at radius 2 is 2.07 bits per heavy atom. The first-order valence-electron chi connectivity index (χ1n) is 4.60. The molecule has 0 unspecified atom stereocenters. The predicted octanol–water partition coefficient (Wildman–Crippen LogP) is 1.25. The van der Waals surface area contributed by atoms with Crippen LogP contribution in [0.5, 0.6) is 0 Å². The summed E-state index contributed by atoms with van der Waals surface area (Å²) in [6, 6.07) is 5.66. The van der Waals surface area contributed by atoms with Gasteiger partial charge in [-0.05, 0) is 25.5 Å². The molecule has 1 aromatic rings. The van der Waals surface area contributed by atoms with Gasteiger partial charge in [0, 0.05) is 12.2 Å². The molecule has 0 aromatic carbocycles. The van der Waals surface area contributed by atoms with Crippen LogP contribution in [0.25, 0.3) is 0 Å². The largest absolute Gasteiger partial charge is 0.311 e. The van der Waals surface area contributed by atoms with Gasteiger partial charge < -0.3 is 4.57 Å². The van der Waals surface area contributed by atoms with Crippen LogP contribution in [0.15, 0.2) is 10.9 Å². The molecule has 1 aromatic heterocycles. The smallest absolute Gasteiger partial charge is 0.268 e. The molecule has 0 radical (unpaired) electrons. The van der Waals surface area contributed by atoms with E-state index >= 15 is 0 Å². The lowest BCUT2D eigenvalue weighted by molar-refractivity contribution is 0.660. The minimum absolute atomic E-state index is 0.165. The maximum atomic E-state index is 11.8. The molecule has 4 nitrogen and oxygen atoms in total. The van der Waals surface area contributed by atoms with Crippen molar-refractivity contribution >= 4 is 0 Å². The van der Waals surface area contributed by atoms with Gasteiger partial charge in [0.15, 0.2) is 0 Å². The van der Waals surface area contributed by atoms with E-state index in [1.165, 1.54) is 4.57 Å². The van der Waals surface area contributed by atoms with Crippen molar-refractivity contribution in [1.82, 2.24) is 4.57 Å². The van der Waals surface area contributed by atoms with Crippen LogP contribution in [0.3, 0.4) is 0 Å². The number of hydrogen-bond acceptors (Lipinski definition) is 3. The number of nitrogens with zero attached hydrogens (tertiary/aromatic N) is 3. The number of aromatic nitrogens is 1. The minimum atomic E-state index is -0.301. The van der Waals surface area contributed by atoms with E-state index in [1.807, 2.05) is 12.1 Å². The summed E-state index contributed by atoms with van der Waals surface area (Å²) < 4.78 is 1.47. The van der Waals surface area contributed by atoms with E-state index in [-0.39, 0.29) is 17.5 Å². The maximum absolute atomic E-state index is 11.8. The molecule has 0 amide bonds. The molecule has 0 saturated carbocycles. The average Bonchev–Trinajstić information content (AvgIpc) is 2.17. The zero-order chi connectivity index (χ0) is 11.4. The van der Waals surface area contributed by atoms with Gasteiger partial charge in [0.2, 0.25) is 0 Å². The van der Waals surface area contributed by atoms with E-state index in [2.05, 4.69) is 0 Å². The Morgan fingerprint density at radius 3 is 2.60 bits per heavy atom. The van der Waals surface area contributed by atoms with Gasteiger partial charge in [-0.3, -0.25) is 4.79 Å². The molecule has 0 N–H and O–H groups in total. The highest BCUT2D eigenvalue weighted by Crippen LogP contribution is 2.05. The molecule has 4 heteroatoms. The summed E-state index contributed by atoms with van der Waals surface area (Å²) in [7, 11) is 0. The molecule has 0 spiro atoms. The first-order chi connectivity index (χ1) is 7.11. The second kappa shape index (κ2) is 4.43. The number of hydrogen-bond donors (Lipinski definition) is 0. The van der Waals surface area contributed by atoms with E-state index < -0.39 is 0 Å². The van der Waals surface area contributed by atoms with E-state index in [4.69, 9.17) is 10.5 Å². The highest BCUT2D eigenvalue weighted by Gasteiger charge is 2.08. The van der Waals surface area contributed by atoms with Gasteiger partial charge in [-0.1, -0.05) is 0 Å². The molecular formula is C11H11N3O. The van der Waals surface area contributed by atoms with Gasteiger partial charge in [0.25, 0.3) is 5.56 Å². The zero-order valence-corrected chi connectivity index (χ0v) is 8.74. The van der Waals surface area contributed by atoms with Gasteiger partial charge in [-0.2, -0.15) is 10.5 Å². The van der Waals surface area contributed by atoms with Crippen LogP contribution in [0, 0.1) is 36.5 Å². The molecule has 15 heavy (non-hydrogen) atoms. The highest BCUT2D eigenvalue weighted by atomic mass is 16.1. The van der Waals surface area contributed by atoms with Crippen molar-refractivity contribution in [3.05, 3.63) is 33.2 Å². The minimum Gasteiger partial charge on any atom is -0.311 e. The molecule has 0 atom stereocenters. The first kappa shape index (κ1) is 11.0. The van der Waals surface area contributed by atoms with E-state index in [0.717, 1.165) is 5.69 Å². The Hall–Kier alpha value is -2.07. The van der Waals surface area contributed by atoms with Crippen LogP contribution < -0.4 is 5.56 Å². The molecule has 0 saturated heterocycles. The Labute approximate surface area is 88.0 Å². The van der Waals surface area contributed by atoms with Crippen molar-refractivity contribution in [3.8, 4) is 12.1 Å². The molecule has 1 heterocycles. The molecule has 76 valence electrons. The van der Waals surface area contributed by atoms with Crippen molar-refractivity contribution in [2.75, 3.05) is 0 Å². The van der Waals surface area contributed by atoms with Crippen molar-refractivity contribution in [1.29, 1.82) is 10.5 Å². The second-order valence-electron chi connectivity index (χ2n) is 3.32. The summed E-state index contributed by atoms with van der Waals surface area (Å²) >= 11 is 0. The molecule has 0 aliphatic heterocycles. The lowest BCUT2D eigenvalue weighted by atomic mass is 10.1. The van der Waals surface area contributed by atoms with Gasteiger partial charge in [0.05, 0.1) is 12.5 Å². The third-order valence-electron chi connectivity index (χ3n) is 2.26. The fraction of sp³-hybridized carbons (Fsp3) is 0.364. The van der Waals surface area contributed by atoms with Crippen molar-refractivity contribution in [3.63, 3.8) is 0 Å². The van der Waals surface area contributed by atoms with Crippen molar-refractivity contribution in [2.45, 2.75) is 26.8 Å². The standard InChI is InChI=1S/C11H11N3O/c1-8-6-9(2)14(5-3-4-12)11(15)10(8)7-13/h6H,3,5H2,1-2H3. The maximum Gasteiger partial charge on any atom is 0.268 e. The van der Waals surface area contributed by atoms with E-state index in [1.54, 1.807) is 19.9 Å². The SMILES string of the molecule is Cc1cc(C)n(CCC#N)c(=O)c1C#N. The molecular weight excluding hydrogens is 190 g/mol. The summed E-state index contributed by atoms with van der Waals surface area (Å²) in [5, 5.41) is 17.3. The third kappa shape index (κ3) is 2.05. The van der Waals surface area contributed by atoms with E-state index in [9.17, 15) is 4.79 Å². The van der Waals surface area contributed by atoms with Crippen LogP contribution in [0.4, 0.5) is 0 Å². The molecule has 1 rings (SSSR count). The Morgan fingerprint density at radius 1 is 1.40 bits per heavy atom. The Kier molecular flexibility index (Phi) is 3.25. The van der Waals surface area contributed by atoms with Gasteiger partial charge >= 0.3 is 0 Å². The average molecular weight is 201 g/mol. The highest BCUT2D eigenvalue weighted by molar-refractivity contribution is 5.36. The third-order valence-corrected chi connectivity index (χ3v) is 2.26. The van der Waals surface area contributed by atoms with Crippen molar-refractivity contribution < 1.29 is 0 Å².